The van der Waals surface area contributed by atoms with E-state index in [2.05, 4.69) is 21.4 Å². The third-order valence-electron chi connectivity index (χ3n) is 3.96. The summed E-state index contributed by atoms with van der Waals surface area (Å²) in [5, 5.41) is 3.52. The average molecular weight is 360 g/mol. The number of hydrogen-bond acceptors (Lipinski definition) is 4. The summed E-state index contributed by atoms with van der Waals surface area (Å²) < 4.78 is 5.93. The van der Waals surface area contributed by atoms with E-state index in [-0.39, 0.29) is 17.4 Å². The van der Waals surface area contributed by atoms with Crippen LogP contribution in [0.25, 0.3) is 11.1 Å². The lowest BCUT2D eigenvalue weighted by Crippen LogP contribution is -2.36. The van der Waals surface area contributed by atoms with Gasteiger partial charge in [0.1, 0.15) is 18.2 Å². The van der Waals surface area contributed by atoms with Crippen LogP contribution in [0, 0.1) is 5.41 Å². The molecular weight excluding hydrogens is 338 g/mol. The summed E-state index contributed by atoms with van der Waals surface area (Å²) in [5.74, 6) is 0.748. The number of benzene rings is 1. The molecule has 5 nitrogen and oxygen atoms in total. The lowest BCUT2D eigenvalue weighted by molar-refractivity contribution is -0.123. The largest absolute Gasteiger partial charge is 0.486 e. The first-order valence-electron chi connectivity index (χ1n) is 8.33. The maximum absolute atomic E-state index is 12.0. The third-order valence-corrected chi connectivity index (χ3v) is 4.25. The molecule has 0 radical (unpaired) electrons. The van der Waals surface area contributed by atoms with Gasteiger partial charge in [0, 0.05) is 36.4 Å². The number of fused-ring (bicyclic) bond motifs is 1. The highest BCUT2D eigenvalue weighted by Gasteiger charge is 2.27. The van der Waals surface area contributed by atoms with Crippen molar-refractivity contribution in [3.8, 4) is 16.9 Å². The van der Waals surface area contributed by atoms with Crippen LogP contribution in [0.15, 0.2) is 30.9 Å². The lowest BCUT2D eigenvalue weighted by Gasteiger charge is -2.18. The van der Waals surface area contributed by atoms with Gasteiger partial charge < -0.3 is 10.1 Å². The van der Waals surface area contributed by atoms with Gasteiger partial charge in [-0.15, -0.1) is 0 Å². The van der Waals surface area contributed by atoms with E-state index in [9.17, 15) is 4.79 Å². The zero-order valence-electron chi connectivity index (χ0n) is 14.7. The Kier molecular flexibility index (Phi) is 4.95. The number of nitrogens with zero attached hydrogens (tertiary/aromatic N) is 2. The summed E-state index contributed by atoms with van der Waals surface area (Å²) in [6.45, 7) is 6.61. The number of hydrogen-bond donors (Lipinski definition) is 1. The summed E-state index contributed by atoms with van der Waals surface area (Å²) in [6, 6.07) is 3.91. The number of halogens is 1. The van der Waals surface area contributed by atoms with Crippen LogP contribution < -0.4 is 10.1 Å². The molecule has 2 heterocycles. The highest BCUT2D eigenvalue weighted by Crippen LogP contribution is 2.39. The molecule has 2 aromatic rings. The van der Waals surface area contributed by atoms with Gasteiger partial charge in [-0.25, -0.2) is 9.97 Å². The molecule has 1 aliphatic heterocycles. The Bertz CT molecular complexity index is 772. The monoisotopic (exact) mass is 359 g/mol. The van der Waals surface area contributed by atoms with E-state index in [0.29, 0.717) is 30.2 Å². The zero-order valence-corrected chi connectivity index (χ0v) is 15.4. The van der Waals surface area contributed by atoms with E-state index in [1.165, 1.54) is 6.33 Å². The highest BCUT2D eigenvalue weighted by molar-refractivity contribution is 6.32. The van der Waals surface area contributed by atoms with E-state index in [4.69, 9.17) is 16.3 Å². The Hall–Kier alpha value is -2.14. The molecule has 25 heavy (non-hydrogen) atoms. The van der Waals surface area contributed by atoms with Gasteiger partial charge in [-0.05, 0) is 23.1 Å². The molecule has 1 aliphatic rings. The molecule has 0 aliphatic carbocycles. The summed E-state index contributed by atoms with van der Waals surface area (Å²) in [5.41, 5.74) is 2.89. The normalized spacial score (nSPS) is 16.2. The van der Waals surface area contributed by atoms with Crippen molar-refractivity contribution in [2.24, 2.45) is 5.41 Å². The molecule has 1 aromatic carbocycles. The van der Waals surface area contributed by atoms with Gasteiger partial charge in [0.15, 0.2) is 0 Å². The average Bonchev–Trinajstić information content (AvgIpc) is 2.96. The molecule has 1 aromatic heterocycles. The SMILES string of the molecule is CC(C)(C)CC(=O)NC[C@@H]1Cc2cc(-c3cncnc3)cc(Cl)c2O1. The molecule has 132 valence electrons. The van der Waals surface area contributed by atoms with Gasteiger partial charge in [0.2, 0.25) is 5.91 Å². The van der Waals surface area contributed by atoms with Gasteiger partial charge in [0.25, 0.3) is 0 Å². The fraction of sp³-hybridized carbons (Fsp3) is 0.421. The molecule has 0 saturated heterocycles. The number of carbonyl (C=O) groups excluding carboxylic acids is 1. The number of rotatable bonds is 4. The Morgan fingerprint density at radius 2 is 2.00 bits per heavy atom. The first-order valence-corrected chi connectivity index (χ1v) is 8.71. The first kappa shape index (κ1) is 17.7. The predicted octanol–water partition coefficient (Wildman–Crippen LogP) is 3.65. The van der Waals surface area contributed by atoms with Crippen molar-refractivity contribution in [1.82, 2.24) is 15.3 Å². The van der Waals surface area contributed by atoms with Crippen LogP contribution in [0.3, 0.4) is 0 Å². The molecule has 6 heteroatoms. The van der Waals surface area contributed by atoms with E-state index >= 15 is 0 Å². The number of aromatic nitrogens is 2. The molecule has 1 amide bonds. The van der Waals surface area contributed by atoms with Crippen molar-refractivity contribution < 1.29 is 9.53 Å². The van der Waals surface area contributed by atoms with E-state index in [1.54, 1.807) is 12.4 Å². The fourth-order valence-corrected chi connectivity index (χ4v) is 3.17. The first-order chi connectivity index (χ1) is 11.8. The third kappa shape index (κ3) is 4.48. The Morgan fingerprint density at radius 3 is 2.68 bits per heavy atom. The van der Waals surface area contributed by atoms with Crippen molar-refractivity contribution >= 4 is 17.5 Å². The van der Waals surface area contributed by atoms with Crippen LogP contribution in [0.1, 0.15) is 32.8 Å². The van der Waals surface area contributed by atoms with Crippen molar-refractivity contribution in [2.45, 2.75) is 39.7 Å². The molecule has 1 atom stereocenters. The molecule has 0 fully saturated rings. The minimum absolute atomic E-state index is 0.0282. The fourth-order valence-electron chi connectivity index (χ4n) is 2.89. The predicted molar refractivity (Wildman–Crippen MR) is 97.7 cm³/mol. The Labute approximate surface area is 152 Å². The van der Waals surface area contributed by atoms with Crippen molar-refractivity contribution in [3.05, 3.63) is 41.4 Å². The maximum atomic E-state index is 12.0. The van der Waals surface area contributed by atoms with Crippen LogP contribution in [0.5, 0.6) is 5.75 Å². The van der Waals surface area contributed by atoms with E-state index in [1.807, 2.05) is 26.8 Å². The minimum Gasteiger partial charge on any atom is -0.486 e. The minimum atomic E-state index is -0.0984. The Morgan fingerprint density at radius 1 is 1.28 bits per heavy atom. The van der Waals surface area contributed by atoms with Gasteiger partial charge >= 0.3 is 0 Å². The maximum Gasteiger partial charge on any atom is 0.220 e. The molecule has 3 rings (SSSR count). The number of nitrogens with one attached hydrogen (secondary N) is 1. The molecule has 0 spiro atoms. The van der Waals surface area contributed by atoms with Crippen molar-refractivity contribution in [3.63, 3.8) is 0 Å². The summed E-state index contributed by atoms with van der Waals surface area (Å²) in [6.07, 6.45) is 6.12. The zero-order chi connectivity index (χ0) is 18.0. The molecule has 1 N–H and O–H groups in total. The molecule has 0 bridgehead atoms. The summed E-state index contributed by atoms with van der Waals surface area (Å²) >= 11 is 6.39. The topological polar surface area (TPSA) is 64.1 Å². The van der Waals surface area contributed by atoms with Gasteiger partial charge in [-0.1, -0.05) is 32.4 Å². The van der Waals surface area contributed by atoms with Crippen LogP contribution >= 0.6 is 11.6 Å². The van der Waals surface area contributed by atoms with Crippen LogP contribution in [0.2, 0.25) is 5.02 Å². The quantitative estimate of drug-likeness (QED) is 0.904. The van der Waals surface area contributed by atoms with Crippen LogP contribution in [-0.2, 0) is 11.2 Å². The summed E-state index contributed by atoms with van der Waals surface area (Å²) in [4.78, 5) is 20.1. The Balaban J connectivity index is 1.67. The van der Waals surface area contributed by atoms with E-state index < -0.39 is 0 Å². The second kappa shape index (κ2) is 7.00. The van der Waals surface area contributed by atoms with Gasteiger partial charge in [-0.2, -0.15) is 0 Å². The number of carbonyl (C=O) groups is 1. The van der Waals surface area contributed by atoms with E-state index in [0.717, 1.165) is 16.7 Å². The highest BCUT2D eigenvalue weighted by atomic mass is 35.5. The standard InChI is InChI=1S/C19H22ClN3O2/c1-19(2,3)7-17(24)23-10-15-5-13-4-12(6-16(20)18(13)25-15)14-8-21-11-22-9-14/h4,6,8-9,11,15H,5,7,10H2,1-3H3,(H,23,24)/t15-/m0/s1. The van der Waals surface area contributed by atoms with Crippen molar-refractivity contribution in [2.75, 3.05) is 6.54 Å². The number of amides is 1. The van der Waals surface area contributed by atoms with Gasteiger partial charge in [0.05, 0.1) is 11.6 Å². The molecule has 0 saturated carbocycles. The molecule has 0 unspecified atom stereocenters. The second-order valence-electron chi connectivity index (χ2n) is 7.56. The van der Waals surface area contributed by atoms with Crippen LogP contribution in [-0.4, -0.2) is 28.5 Å². The number of ether oxygens (including phenoxy) is 1. The second-order valence-corrected chi connectivity index (χ2v) is 7.97. The van der Waals surface area contributed by atoms with Crippen molar-refractivity contribution in [1.29, 1.82) is 0 Å². The van der Waals surface area contributed by atoms with Crippen LogP contribution in [0.4, 0.5) is 0 Å². The van der Waals surface area contributed by atoms with Gasteiger partial charge in [-0.3, -0.25) is 4.79 Å². The smallest absolute Gasteiger partial charge is 0.220 e. The summed E-state index contributed by atoms with van der Waals surface area (Å²) in [7, 11) is 0. The lowest BCUT2D eigenvalue weighted by atomic mass is 9.92. The molecular formula is C19H22ClN3O2.